The standard InChI is InChI=1S/C33H47NO3S/c1-24-21-25(2)32(30(24)23-38-29-8-6-7-28(22-29)33(3,4)5)27-12-9-26(10-13-27)11-14-31(35)37-20-17-34-15-18-36-19-16-34/h6-10,12-13,22,24-25,30,32H,11,14-21,23H2,1-5H3/t24?,25?,30?,32-/m1/s1. The fraction of sp³-hybridized carbons (Fsp3) is 0.606. The number of thioether (sulfide) groups is 1. The highest BCUT2D eigenvalue weighted by atomic mass is 32.2. The number of hydrogen-bond donors (Lipinski definition) is 0. The van der Waals surface area contributed by atoms with E-state index in [2.05, 4.69) is 88.0 Å². The van der Waals surface area contributed by atoms with Crippen LogP contribution >= 0.6 is 11.8 Å². The SMILES string of the molecule is CC1CC(C)[C@H](c2ccc(CCC(=O)OCCN3CCOCC3)cc2)C1CSc1cccc(C(C)(C)C)c1. The maximum absolute atomic E-state index is 12.3. The molecule has 208 valence electrons. The molecule has 4 rings (SSSR count). The van der Waals surface area contributed by atoms with Crippen LogP contribution in [0, 0.1) is 17.8 Å². The lowest BCUT2D eigenvalue weighted by Crippen LogP contribution is -2.38. The Bertz CT molecular complexity index is 1030. The van der Waals surface area contributed by atoms with Gasteiger partial charge in [0, 0.05) is 36.7 Å². The van der Waals surface area contributed by atoms with Crippen LogP contribution in [-0.4, -0.2) is 56.1 Å². The summed E-state index contributed by atoms with van der Waals surface area (Å²) in [6, 6.07) is 18.2. The number of aryl methyl sites for hydroxylation is 1. The first kappa shape index (κ1) is 29.2. The summed E-state index contributed by atoms with van der Waals surface area (Å²) in [6.45, 7) is 16.4. The van der Waals surface area contributed by atoms with Crippen LogP contribution in [0.1, 0.15) is 70.1 Å². The van der Waals surface area contributed by atoms with Crippen LogP contribution in [-0.2, 0) is 26.1 Å². The van der Waals surface area contributed by atoms with E-state index in [1.54, 1.807) is 0 Å². The summed E-state index contributed by atoms with van der Waals surface area (Å²) in [6.07, 6.45) is 2.46. The molecule has 38 heavy (non-hydrogen) atoms. The van der Waals surface area contributed by atoms with Gasteiger partial charge in [0.1, 0.15) is 6.61 Å². The predicted octanol–water partition coefficient (Wildman–Crippen LogP) is 6.96. The highest BCUT2D eigenvalue weighted by Crippen LogP contribution is 2.49. The minimum Gasteiger partial charge on any atom is -0.464 e. The topological polar surface area (TPSA) is 38.8 Å². The van der Waals surface area contributed by atoms with Crippen LogP contribution in [0.3, 0.4) is 0 Å². The van der Waals surface area contributed by atoms with E-state index in [1.165, 1.54) is 28.0 Å². The molecule has 0 N–H and O–H groups in total. The molecule has 4 nitrogen and oxygen atoms in total. The van der Waals surface area contributed by atoms with Crippen molar-refractivity contribution in [2.24, 2.45) is 17.8 Å². The molecule has 0 spiro atoms. The molecule has 2 fully saturated rings. The molecular formula is C33H47NO3S. The lowest BCUT2D eigenvalue weighted by Gasteiger charge is -2.26. The fourth-order valence-electron chi connectivity index (χ4n) is 6.11. The maximum atomic E-state index is 12.3. The first-order valence-electron chi connectivity index (χ1n) is 14.5. The largest absolute Gasteiger partial charge is 0.464 e. The average molecular weight is 538 g/mol. The van der Waals surface area contributed by atoms with Gasteiger partial charge in [0.15, 0.2) is 0 Å². The molecule has 2 aromatic carbocycles. The molecule has 0 aromatic heterocycles. The molecule has 4 atom stereocenters. The number of rotatable bonds is 10. The molecule has 2 aromatic rings. The Morgan fingerprint density at radius 1 is 1.05 bits per heavy atom. The molecule has 3 unspecified atom stereocenters. The summed E-state index contributed by atoms with van der Waals surface area (Å²) in [5.41, 5.74) is 4.24. The van der Waals surface area contributed by atoms with Crippen LogP contribution in [0.2, 0.25) is 0 Å². The fourth-order valence-corrected chi connectivity index (χ4v) is 7.42. The average Bonchev–Trinajstić information content (AvgIpc) is 3.19. The zero-order valence-corrected chi connectivity index (χ0v) is 24.9. The number of esters is 1. The molecule has 2 aliphatic rings. The number of carbonyl (C=O) groups is 1. The van der Waals surface area contributed by atoms with E-state index in [1.807, 2.05) is 11.8 Å². The first-order valence-corrected chi connectivity index (χ1v) is 15.5. The summed E-state index contributed by atoms with van der Waals surface area (Å²) in [4.78, 5) is 15.9. The number of nitrogens with zero attached hydrogens (tertiary/aromatic N) is 1. The quantitative estimate of drug-likeness (QED) is 0.242. The van der Waals surface area contributed by atoms with Gasteiger partial charge in [0.2, 0.25) is 0 Å². The van der Waals surface area contributed by atoms with Crippen LogP contribution in [0.25, 0.3) is 0 Å². The van der Waals surface area contributed by atoms with Gasteiger partial charge in [-0.25, -0.2) is 0 Å². The van der Waals surface area contributed by atoms with E-state index in [4.69, 9.17) is 9.47 Å². The van der Waals surface area contributed by atoms with Crippen molar-refractivity contribution in [1.29, 1.82) is 0 Å². The van der Waals surface area contributed by atoms with Crippen LogP contribution < -0.4 is 0 Å². The van der Waals surface area contributed by atoms with Crippen LogP contribution in [0.5, 0.6) is 0 Å². The summed E-state index contributed by atoms with van der Waals surface area (Å²) in [5, 5.41) is 0. The van der Waals surface area contributed by atoms with Gasteiger partial charge in [0.05, 0.1) is 13.2 Å². The molecule has 0 radical (unpaired) electrons. The van der Waals surface area contributed by atoms with Crippen molar-refractivity contribution in [1.82, 2.24) is 4.90 Å². The third-order valence-electron chi connectivity index (χ3n) is 8.45. The van der Waals surface area contributed by atoms with Gasteiger partial charge in [-0.2, -0.15) is 0 Å². The smallest absolute Gasteiger partial charge is 0.306 e. The summed E-state index contributed by atoms with van der Waals surface area (Å²) in [5.74, 6) is 3.71. The van der Waals surface area contributed by atoms with Crippen molar-refractivity contribution in [3.05, 3.63) is 65.2 Å². The number of ether oxygens (including phenoxy) is 2. The lowest BCUT2D eigenvalue weighted by atomic mass is 9.83. The number of morpholine rings is 1. The molecule has 0 bridgehead atoms. The molecule has 5 heteroatoms. The Labute approximate surface area is 234 Å². The third-order valence-corrected chi connectivity index (χ3v) is 9.59. The molecule has 1 aliphatic heterocycles. The van der Waals surface area contributed by atoms with Crippen LogP contribution in [0.15, 0.2) is 53.4 Å². The Morgan fingerprint density at radius 3 is 2.50 bits per heavy atom. The number of carbonyl (C=O) groups excluding carboxylic acids is 1. The molecule has 0 amide bonds. The molecule has 1 aliphatic carbocycles. The molecule has 1 saturated carbocycles. The Morgan fingerprint density at radius 2 is 1.79 bits per heavy atom. The zero-order chi connectivity index (χ0) is 27.1. The van der Waals surface area contributed by atoms with Crippen LogP contribution in [0.4, 0.5) is 0 Å². The number of hydrogen-bond acceptors (Lipinski definition) is 5. The molecular weight excluding hydrogens is 490 g/mol. The Hall–Kier alpha value is -1.82. The third kappa shape index (κ3) is 8.09. The summed E-state index contributed by atoms with van der Waals surface area (Å²) >= 11 is 2.02. The molecule has 1 heterocycles. The zero-order valence-electron chi connectivity index (χ0n) is 24.1. The Balaban J connectivity index is 1.28. The molecule has 1 saturated heterocycles. The highest BCUT2D eigenvalue weighted by molar-refractivity contribution is 7.99. The summed E-state index contributed by atoms with van der Waals surface area (Å²) in [7, 11) is 0. The van der Waals surface area contributed by atoms with Crippen molar-refractivity contribution < 1.29 is 14.3 Å². The van der Waals surface area contributed by atoms with E-state index in [-0.39, 0.29) is 11.4 Å². The first-order chi connectivity index (χ1) is 18.2. The van der Waals surface area contributed by atoms with E-state index in [0.29, 0.717) is 30.8 Å². The van der Waals surface area contributed by atoms with Crippen molar-refractivity contribution in [2.45, 2.75) is 70.1 Å². The second kappa shape index (κ2) is 13.5. The van der Waals surface area contributed by atoms with Gasteiger partial charge in [-0.1, -0.05) is 71.0 Å². The van der Waals surface area contributed by atoms with Crippen molar-refractivity contribution >= 4 is 17.7 Å². The minimum absolute atomic E-state index is 0.104. The summed E-state index contributed by atoms with van der Waals surface area (Å²) < 4.78 is 10.8. The van der Waals surface area contributed by atoms with Crippen molar-refractivity contribution in [3.8, 4) is 0 Å². The van der Waals surface area contributed by atoms with E-state index >= 15 is 0 Å². The van der Waals surface area contributed by atoms with E-state index in [0.717, 1.165) is 50.9 Å². The van der Waals surface area contributed by atoms with Gasteiger partial charge >= 0.3 is 5.97 Å². The second-order valence-electron chi connectivity index (χ2n) is 12.4. The highest BCUT2D eigenvalue weighted by Gasteiger charge is 2.39. The second-order valence-corrected chi connectivity index (χ2v) is 13.5. The predicted molar refractivity (Wildman–Crippen MR) is 158 cm³/mol. The van der Waals surface area contributed by atoms with Gasteiger partial charge < -0.3 is 9.47 Å². The van der Waals surface area contributed by atoms with Crippen molar-refractivity contribution in [2.75, 3.05) is 45.2 Å². The maximum Gasteiger partial charge on any atom is 0.306 e. The van der Waals surface area contributed by atoms with Gasteiger partial charge in [0.25, 0.3) is 0 Å². The minimum atomic E-state index is -0.104. The van der Waals surface area contributed by atoms with E-state index < -0.39 is 0 Å². The normalized spacial score (nSPS) is 24.4. The van der Waals surface area contributed by atoms with Gasteiger partial charge in [-0.05, 0) is 70.8 Å². The monoisotopic (exact) mass is 537 g/mol. The van der Waals surface area contributed by atoms with E-state index in [9.17, 15) is 4.79 Å². The Kier molecular flexibility index (Phi) is 10.4. The van der Waals surface area contributed by atoms with Crippen molar-refractivity contribution in [3.63, 3.8) is 0 Å². The lowest BCUT2D eigenvalue weighted by molar-refractivity contribution is -0.144. The number of benzene rings is 2. The van der Waals surface area contributed by atoms with Gasteiger partial charge in [-0.3, -0.25) is 9.69 Å². The van der Waals surface area contributed by atoms with Gasteiger partial charge in [-0.15, -0.1) is 11.8 Å².